The zero-order chi connectivity index (χ0) is 28.9. The number of fused-ring (bicyclic) bond motifs is 1. The Bertz CT molecular complexity index is 1310. The van der Waals surface area contributed by atoms with E-state index in [-0.39, 0.29) is 17.9 Å². The normalized spacial score (nSPS) is 16.8. The fraction of sp³-hybridized carbons (Fsp3) is 0.515. The number of methoxy groups -OCH3 is 1. The third-order valence-electron chi connectivity index (χ3n) is 7.99. The van der Waals surface area contributed by atoms with Crippen molar-refractivity contribution in [1.29, 1.82) is 0 Å². The molecule has 7 heteroatoms. The number of likely N-dealkylation sites (tertiary alicyclic amines) is 1. The van der Waals surface area contributed by atoms with Crippen LogP contribution in [0.25, 0.3) is 10.9 Å². The minimum absolute atomic E-state index is 0.0204. The first-order valence-electron chi connectivity index (χ1n) is 14.6. The van der Waals surface area contributed by atoms with Crippen LogP contribution in [0.2, 0.25) is 0 Å². The minimum Gasteiger partial charge on any atom is -0.385 e. The molecule has 1 saturated heterocycles. The number of carbonyl (C=O) groups is 2. The molecule has 0 spiro atoms. The summed E-state index contributed by atoms with van der Waals surface area (Å²) >= 11 is 0. The van der Waals surface area contributed by atoms with E-state index in [1.54, 1.807) is 7.11 Å². The number of benzene rings is 2. The number of hydrogen-bond acceptors (Lipinski definition) is 4. The molecule has 0 bridgehead atoms. The molecule has 1 aliphatic heterocycles. The highest BCUT2D eigenvalue weighted by atomic mass is 16.5. The van der Waals surface area contributed by atoms with Crippen molar-refractivity contribution in [2.75, 3.05) is 32.1 Å². The predicted molar refractivity (Wildman–Crippen MR) is 163 cm³/mol. The summed E-state index contributed by atoms with van der Waals surface area (Å²) in [6, 6.07) is 16.1. The number of hydrogen-bond donors (Lipinski definition) is 2. The molecule has 4 rings (SSSR count). The highest BCUT2D eigenvalue weighted by Gasteiger charge is 2.30. The third kappa shape index (κ3) is 7.12. The van der Waals surface area contributed by atoms with E-state index in [2.05, 4.69) is 41.1 Å². The zero-order valence-electron chi connectivity index (χ0n) is 24.8. The van der Waals surface area contributed by atoms with Gasteiger partial charge in [0, 0.05) is 79.4 Å². The van der Waals surface area contributed by atoms with E-state index in [9.17, 15) is 9.59 Å². The van der Waals surface area contributed by atoms with Gasteiger partial charge in [0.15, 0.2) is 0 Å². The van der Waals surface area contributed by atoms with Gasteiger partial charge in [0.2, 0.25) is 11.8 Å². The van der Waals surface area contributed by atoms with Crippen LogP contribution in [0.3, 0.4) is 0 Å². The number of carbonyl (C=O) groups excluding carboxylic acids is 2. The second-order valence-corrected chi connectivity index (χ2v) is 12.3. The van der Waals surface area contributed by atoms with E-state index in [4.69, 9.17) is 10.5 Å². The molecular formula is C33H46N4O3. The van der Waals surface area contributed by atoms with Gasteiger partial charge >= 0.3 is 0 Å². The molecule has 0 aliphatic carbocycles. The first kappa shape index (κ1) is 29.8. The van der Waals surface area contributed by atoms with Gasteiger partial charge in [-0.3, -0.25) is 9.59 Å². The molecule has 2 atom stereocenters. The van der Waals surface area contributed by atoms with Gasteiger partial charge in [-0.25, -0.2) is 0 Å². The lowest BCUT2D eigenvalue weighted by atomic mass is 9.91. The van der Waals surface area contributed by atoms with E-state index in [1.807, 2.05) is 49.9 Å². The maximum absolute atomic E-state index is 13.4. The van der Waals surface area contributed by atoms with Gasteiger partial charge in [-0.15, -0.1) is 0 Å². The SMILES string of the molecule is COCCCn1c(C2CCCN(C(=O)CC(N)Cc3ccc(NC(=O)C(C)(C)C)cc3)C2)c(C)c2ccccc21. The van der Waals surface area contributed by atoms with Crippen molar-refractivity contribution in [2.45, 2.75) is 78.3 Å². The Hall–Kier alpha value is -3.16. The number of amides is 2. The number of ether oxygens (including phenoxy) is 1. The Morgan fingerprint density at radius 2 is 1.85 bits per heavy atom. The van der Waals surface area contributed by atoms with Gasteiger partial charge in [0.25, 0.3) is 0 Å². The molecule has 3 aromatic rings. The lowest BCUT2D eigenvalue weighted by molar-refractivity contribution is -0.132. The summed E-state index contributed by atoms with van der Waals surface area (Å²) in [5, 5.41) is 4.24. The number of nitrogens with one attached hydrogen (secondary N) is 1. The average molecular weight is 547 g/mol. The van der Waals surface area contributed by atoms with Crippen LogP contribution < -0.4 is 11.1 Å². The molecule has 1 aliphatic rings. The van der Waals surface area contributed by atoms with Crippen molar-refractivity contribution < 1.29 is 14.3 Å². The number of piperidine rings is 1. The Kier molecular flexibility index (Phi) is 9.69. The van der Waals surface area contributed by atoms with Gasteiger partial charge in [-0.1, -0.05) is 51.1 Å². The van der Waals surface area contributed by atoms with E-state index in [0.717, 1.165) is 56.8 Å². The molecule has 2 aromatic carbocycles. The number of anilines is 1. The lowest BCUT2D eigenvalue weighted by Crippen LogP contribution is -2.42. The fourth-order valence-corrected chi connectivity index (χ4v) is 5.83. The Morgan fingerprint density at radius 1 is 1.12 bits per heavy atom. The standard InChI is InChI=1S/C33H46N4O3/c1-23-28-11-6-7-12-29(28)37(18-9-19-40-5)31(23)25-10-8-17-36(22-25)30(38)21-26(34)20-24-13-15-27(16-14-24)35-32(39)33(2,3)4/h6-7,11-16,25-26H,8-10,17-22,34H2,1-5H3,(H,35,39). The largest absolute Gasteiger partial charge is 0.385 e. The average Bonchev–Trinajstić information content (AvgIpc) is 3.21. The highest BCUT2D eigenvalue weighted by molar-refractivity contribution is 5.94. The molecule has 7 nitrogen and oxygen atoms in total. The summed E-state index contributed by atoms with van der Waals surface area (Å²) in [6.07, 6.45) is 3.96. The molecule has 0 radical (unpaired) electrons. The topological polar surface area (TPSA) is 89.6 Å². The first-order chi connectivity index (χ1) is 19.1. The van der Waals surface area contributed by atoms with Crippen molar-refractivity contribution in [3.63, 3.8) is 0 Å². The molecule has 1 aromatic heterocycles. The van der Waals surface area contributed by atoms with Gasteiger partial charge in [-0.2, -0.15) is 0 Å². The number of para-hydroxylation sites is 1. The third-order valence-corrected chi connectivity index (χ3v) is 7.99. The van der Waals surface area contributed by atoms with Crippen molar-refractivity contribution in [3.05, 3.63) is 65.4 Å². The summed E-state index contributed by atoms with van der Waals surface area (Å²) in [6.45, 7) is 11.0. The molecule has 2 unspecified atom stereocenters. The van der Waals surface area contributed by atoms with Crippen LogP contribution in [0.4, 0.5) is 5.69 Å². The van der Waals surface area contributed by atoms with E-state index in [0.29, 0.717) is 18.8 Å². The van der Waals surface area contributed by atoms with E-state index in [1.165, 1.54) is 22.2 Å². The summed E-state index contributed by atoms with van der Waals surface area (Å²) in [7, 11) is 1.75. The second-order valence-electron chi connectivity index (χ2n) is 12.3. The van der Waals surface area contributed by atoms with Crippen molar-refractivity contribution in [1.82, 2.24) is 9.47 Å². The van der Waals surface area contributed by atoms with Crippen molar-refractivity contribution in [3.8, 4) is 0 Å². The molecular weight excluding hydrogens is 500 g/mol. The Balaban J connectivity index is 1.39. The van der Waals surface area contributed by atoms with Crippen LogP contribution in [0.5, 0.6) is 0 Å². The Labute approximate surface area is 239 Å². The van der Waals surface area contributed by atoms with Gasteiger partial charge in [-0.05, 0) is 61.9 Å². The first-order valence-corrected chi connectivity index (χ1v) is 14.6. The quantitative estimate of drug-likeness (QED) is 0.322. The van der Waals surface area contributed by atoms with E-state index < -0.39 is 5.41 Å². The smallest absolute Gasteiger partial charge is 0.229 e. The van der Waals surface area contributed by atoms with Gasteiger partial charge < -0.3 is 25.3 Å². The number of nitrogens with two attached hydrogens (primary N) is 1. The molecule has 2 amide bonds. The summed E-state index contributed by atoms with van der Waals surface area (Å²) in [5.41, 5.74) is 11.8. The highest BCUT2D eigenvalue weighted by Crippen LogP contribution is 2.36. The molecule has 40 heavy (non-hydrogen) atoms. The number of nitrogens with zero attached hydrogens (tertiary/aromatic N) is 2. The fourth-order valence-electron chi connectivity index (χ4n) is 5.83. The zero-order valence-corrected chi connectivity index (χ0v) is 24.8. The van der Waals surface area contributed by atoms with Crippen LogP contribution in [-0.4, -0.2) is 54.1 Å². The van der Waals surface area contributed by atoms with Crippen molar-refractivity contribution in [2.24, 2.45) is 11.1 Å². The summed E-state index contributed by atoms with van der Waals surface area (Å²) in [5.74, 6) is 0.415. The maximum atomic E-state index is 13.4. The van der Waals surface area contributed by atoms with Crippen molar-refractivity contribution >= 4 is 28.4 Å². The second kappa shape index (κ2) is 13.0. The van der Waals surface area contributed by atoms with Crippen LogP contribution in [-0.2, 0) is 27.3 Å². The summed E-state index contributed by atoms with van der Waals surface area (Å²) in [4.78, 5) is 27.6. The van der Waals surface area contributed by atoms with Crippen LogP contribution in [0.1, 0.15) is 69.2 Å². The molecule has 0 saturated carbocycles. The lowest BCUT2D eigenvalue weighted by Gasteiger charge is -2.34. The monoisotopic (exact) mass is 546 g/mol. The summed E-state index contributed by atoms with van der Waals surface area (Å²) < 4.78 is 7.79. The Morgan fingerprint density at radius 3 is 2.55 bits per heavy atom. The number of aromatic nitrogens is 1. The molecule has 3 N–H and O–H groups in total. The maximum Gasteiger partial charge on any atom is 0.229 e. The number of aryl methyl sites for hydroxylation is 2. The van der Waals surface area contributed by atoms with Gasteiger partial charge in [0.05, 0.1) is 0 Å². The predicted octanol–water partition coefficient (Wildman–Crippen LogP) is 5.64. The number of rotatable bonds is 10. The van der Waals surface area contributed by atoms with E-state index >= 15 is 0 Å². The van der Waals surface area contributed by atoms with Crippen LogP contribution in [0.15, 0.2) is 48.5 Å². The van der Waals surface area contributed by atoms with Gasteiger partial charge in [0.1, 0.15) is 0 Å². The molecule has 2 heterocycles. The molecule has 1 fully saturated rings. The van der Waals surface area contributed by atoms with Crippen LogP contribution >= 0.6 is 0 Å². The minimum atomic E-state index is -0.450. The van der Waals surface area contributed by atoms with Crippen LogP contribution in [0, 0.1) is 12.3 Å². The molecule has 216 valence electrons.